The first kappa shape index (κ1) is 12.2. The van der Waals surface area contributed by atoms with Gasteiger partial charge in [-0.15, -0.1) is 0 Å². The van der Waals surface area contributed by atoms with E-state index in [0.29, 0.717) is 6.04 Å². The fourth-order valence-electron chi connectivity index (χ4n) is 2.56. The molecule has 21 heavy (non-hydrogen) atoms. The lowest BCUT2D eigenvalue weighted by molar-refractivity contribution is 0.701. The van der Waals surface area contributed by atoms with Crippen LogP contribution < -0.4 is 5.32 Å². The number of anilines is 1. The lowest BCUT2D eigenvalue weighted by Crippen LogP contribution is -2.05. The molecule has 3 aromatic rings. The summed E-state index contributed by atoms with van der Waals surface area (Å²) in [4.78, 5) is 4.26. The Morgan fingerprint density at radius 3 is 3.05 bits per heavy atom. The summed E-state index contributed by atoms with van der Waals surface area (Å²) in [7, 11) is 0. The first-order valence-corrected chi connectivity index (χ1v) is 7.24. The maximum Gasteiger partial charge on any atom is 0.0951 e. The van der Waals surface area contributed by atoms with Gasteiger partial charge in [-0.2, -0.15) is 5.10 Å². The summed E-state index contributed by atoms with van der Waals surface area (Å²) in [6.45, 7) is 0.795. The summed E-state index contributed by atoms with van der Waals surface area (Å²) in [5, 5.41) is 10.5. The molecule has 0 saturated heterocycles. The molecule has 4 rings (SSSR count). The Bertz CT molecular complexity index is 725. The van der Waals surface area contributed by atoms with Crippen LogP contribution in [0.15, 0.2) is 49.1 Å². The van der Waals surface area contributed by atoms with Crippen molar-refractivity contribution in [1.82, 2.24) is 19.7 Å². The topological polar surface area (TPSA) is 58.5 Å². The average Bonchev–Trinajstić information content (AvgIpc) is 3.04. The van der Waals surface area contributed by atoms with Crippen molar-refractivity contribution in [2.45, 2.75) is 25.4 Å². The van der Waals surface area contributed by atoms with Gasteiger partial charge in [0.05, 0.1) is 24.3 Å². The first-order chi connectivity index (χ1) is 10.4. The van der Waals surface area contributed by atoms with E-state index in [0.717, 1.165) is 23.5 Å². The summed E-state index contributed by atoms with van der Waals surface area (Å²) < 4.78 is 2.28. The second kappa shape index (κ2) is 5.09. The molecule has 0 radical (unpaired) electrons. The molecule has 5 heteroatoms. The van der Waals surface area contributed by atoms with Gasteiger partial charge in [-0.3, -0.25) is 5.10 Å². The fourth-order valence-corrected chi connectivity index (χ4v) is 2.56. The third-order valence-corrected chi connectivity index (χ3v) is 3.83. The molecule has 0 atom stereocenters. The van der Waals surface area contributed by atoms with Gasteiger partial charge in [0, 0.05) is 29.7 Å². The first-order valence-electron chi connectivity index (χ1n) is 7.24. The third-order valence-electron chi connectivity index (χ3n) is 3.83. The van der Waals surface area contributed by atoms with Crippen LogP contribution in [0.3, 0.4) is 0 Å². The number of aromatic amines is 1. The van der Waals surface area contributed by atoms with Crippen molar-refractivity contribution in [2.75, 3.05) is 5.32 Å². The van der Waals surface area contributed by atoms with Crippen LogP contribution in [0.4, 0.5) is 5.69 Å². The van der Waals surface area contributed by atoms with Gasteiger partial charge in [0.25, 0.3) is 0 Å². The molecular weight excluding hydrogens is 262 g/mol. The third kappa shape index (κ3) is 2.54. The van der Waals surface area contributed by atoms with Crippen molar-refractivity contribution in [3.8, 4) is 11.3 Å². The Morgan fingerprint density at radius 1 is 1.29 bits per heavy atom. The highest BCUT2D eigenvalue weighted by Gasteiger charge is 2.24. The number of hydrogen-bond acceptors (Lipinski definition) is 3. The molecule has 2 aromatic heterocycles. The second-order valence-corrected chi connectivity index (χ2v) is 5.43. The SMILES string of the molecule is c1cc(NCc2cncn2C2CC2)cc(-c2ccn[nH]2)c1. The van der Waals surface area contributed by atoms with Crippen LogP contribution in [0.5, 0.6) is 0 Å². The van der Waals surface area contributed by atoms with E-state index in [9.17, 15) is 0 Å². The molecule has 1 aliphatic rings. The van der Waals surface area contributed by atoms with E-state index in [2.05, 4.69) is 49.3 Å². The van der Waals surface area contributed by atoms with Gasteiger partial charge in [-0.1, -0.05) is 12.1 Å². The minimum absolute atomic E-state index is 0.667. The van der Waals surface area contributed by atoms with Gasteiger partial charge in [-0.25, -0.2) is 4.98 Å². The van der Waals surface area contributed by atoms with E-state index in [-0.39, 0.29) is 0 Å². The molecule has 2 N–H and O–H groups in total. The number of rotatable bonds is 5. The zero-order valence-electron chi connectivity index (χ0n) is 11.7. The summed E-state index contributed by atoms with van der Waals surface area (Å²) >= 11 is 0. The van der Waals surface area contributed by atoms with Crippen LogP contribution in [-0.2, 0) is 6.54 Å². The largest absolute Gasteiger partial charge is 0.379 e. The van der Waals surface area contributed by atoms with E-state index in [4.69, 9.17) is 0 Å². The van der Waals surface area contributed by atoms with Gasteiger partial charge in [0.15, 0.2) is 0 Å². The zero-order chi connectivity index (χ0) is 14.1. The lowest BCUT2D eigenvalue weighted by atomic mass is 10.1. The van der Waals surface area contributed by atoms with Crippen molar-refractivity contribution < 1.29 is 0 Å². The number of nitrogens with one attached hydrogen (secondary N) is 2. The Labute approximate surface area is 123 Å². The second-order valence-electron chi connectivity index (χ2n) is 5.43. The quantitative estimate of drug-likeness (QED) is 0.754. The van der Waals surface area contributed by atoms with E-state index in [1.165, 1.54) is 18.5 Å². The van der Waals surface area contributed by atoms with E-state index >= 15 is 0 Å². The number of hydrogen-bond donors (Lipinski definition) is 2. The molecule has 1 fully saturated rings. The van der Waals surface area contributed by atoms with Crippen LogP contribution in [0.25, 0.3) is 11.3 Å². The normalized spacial score (nSPS) is 14.3. The van der Waals surface area contributed by atoms with E-state index in [1.54, 1.807) is 6.20 Å². The smallest absolute Gasteiger partial charge is 0.0951 e. The molecule has 0 bridgehead atoms. The van der Waals surface area contributed by atoms with Gasteiger partial charge in [-0.05, 0) is 31.0 Å². The highest BCUT2D eigenvalue weighted by Crippen LogP contribution is 2.35. The molecule has 1 aliphatic carbocycles. The Kier molecular flexibility index (Phi) is 2.96. The lowest BCUT2D eigenvalue weighted by Gasteiger charge is -2.10. The van der Waals surface area contributed by atoms with Gasteiger partial charge < -0.3 is 9.88 Å². The number of H-pyrrole nitrogens is 1. The Morgan fingerprint density at radius 2 is 2.24 bits per heavy atom. The highest BCUT2D eigenvalue weighted by atomic mass is 15.1. The summed E-state index contributed by atoms with van der Waals surface area (Å²) in [6, 6.07) is 11.0. The van der Waals surface area contributed by atoms with Crippen molar-refractivity contribution in [2.24, 2.45) is 0 Å². The molecule has 106 valence electrons. The van der Waals surface area contributed by atoms with Crippen LogP contribution >= 0.6 is 0 Å². The molecule has 5 nitrogen and oxygen atoms in total. The average molecular weight is 279 g/mol. The Hall–Kier alpha value is -2.56. The minimum Gasteiger partial charge on any atom is -0.379 e. The molecule has 0 spiro atoms. The van der Waals surface area contributed by atoms with Crippen LogP contribution in [-0.4, -0.2) is 19.7 Å². The summed E-state index contributed by atoms with van der Waals surface area (Å²) in [5.74, 6) is 0. The zero-order valence-corrected chi connectivity index (χ0v) is 11.7. The van der Waals surface area contributed by atoms with Crippen LogP contribution in [0.1, 0.15) is 24.6 Å². The van der Waals surface area contributed by atoms with Crippen LogP contribution in [0, 0.1) is 0 Å². The van der Waals surface area contributed by atoms with Crippen LogP contribution in [0.2, 0.25) is 0 Å². The molecular formula is C16H17N5. The number of imidazole rings is 1. The van der Waals surface area contributed by atoms with Gasteiger partial charge >= 0.3 is 0 Å². The molecule has 0 amide bonds. The molecule has 2 heterocycles. The van der Waals surface area contributed by atoms with E-state index in [1.807, 2.05) is 18.6 Å². The van der Waals surface area contributed by atoms with Gasteiger partial charge in [0.1, 0.15) is 0 Å². The minimum atomic E-state index is 0.667. The van der Waals surface area contributed by atoms with E-state index < -0.39 is 0 Å². The summed E-state index contributed by atoms with van der Waals surface area (Å²) in [6.07, 6.45) is 8.21. The fraction of sp³-hybridized carbons (Fsp3) is 0.250. The predicted molar refractivity (Wildman–Crippen MR) is 81.8 cm³/mol. The molecule has 0 unspecified atom stereocenters. The number of benzene rings is 1. The molecule has 1 saturated carbocycles. The van der Waals surface area contributed by atoms with Crippen molar-refractivity contribution >= 4 is 5.69 Å². The molecule has 0 aliphatic heterocycles. The maximum atomic E-state index is 4.26. The number of aromatic nitrogens is 4. The Balaban J connectivity index is 1.49. The summed E-state index contributed by atoms with van der Waals surface area (Å²) in [5.41, 5.74) is 4.50. The molecule has 1 aromatic carbocycles. The maximum absolute atomic E-state index is 4.26. The highest BCUT2D eigenvalue weighted by molar-refractivity contribution is 5.64. The van der Waals surface area contributed by atoms with Crippen molar-refractivity contribution in [3.05, 3.63) is 54.7 Å². The monoisotopic (exact) mass is 279 g/mol. The van der Waals surface area contributed by atoms with Crippen molar-refractivity contribution in [1.29, 1.82) is 0 Å². The van der Waals surface area contributed by atoms with Gasteiger partial charge in [0.2, 0.25) is 0 Å². The number of nitrogens with zero attached hydrogens (tertiary/aromatic N) is 3. The standard InChI is InChI=1S/C16H17N5/c1-2-12(16-6-7-19-20-16)8-13(3-1)18-10-15-9-17-11-21(15)14-4-5-14/h1-3,6-9,11,14,18H,4-5,10H2,(H,19,20). The predicted octanol–water partition coefficient (Wildman–Crippen LogP) is 3.22. The van der Waals surface area contributed by atoms with Crippen molar-refractivity contribution in [3.63, 3.8) is 0 Å².